The molecule has 1 aromatic heterocycles. The number of hydrogen-bond donors (Lipinski definition) is 0. The molecule has 0 N–H and O–H groups in total. The smallest absolute Gasteiger partial charge is 0.223 e. The number of benzene rings is 1. The third-order valence-corrected chi connectivity index (χ3v) is 3.90. The molecule has 114 valence electrons. The molecule has 1 aromatic carbocycles. The third kappa shape index (κ3) is 3.16. The van der Waals surface area contributed by atoms with Crippen LogP contribution in [0.2, 0.25) is 0 Å². The quantitative estimate of drug-likeness (QED) is 0.874. The minimum absolute atomic E-state index is 0.229. The summed E-state index contributed by atoms with van der Waals surface area (Å²) in [5.74, 6) is 1.39. The molecular formula is C18H21N3O. The van der Waals surface area contributed by atoms with Crippen LogP contribution in [-0.4, -0.2) is 27.3 Å². The van der Waals surface area contributed by atoms with Crippen LogP contribution in [0, 0.1) is 5.92 Å². The number of carbonyl (C=O) groups is 1. The Balaban J connectivity index is 1.78. The van der Waals surface area contributed by atoms with Crippen molar-refractivity contribution in [1.29, 1.82) is 0 Å². The summed E-state index contributed by atoms with van der Waals surface area (Å²) in [6.45, 7) is 5.54. The van der Waals surface area contributed by atoms with E-state index in [9.17, 15) is 4.79 Å². The van der Waals surface area contributed by atoms with Crippen molar-refractivity contribution in [3.05, 3.63) is 47.8 Å². The molecule has 22 heavy (non-hydrogen) atoms. The van der Waals surface area contributed by atoms with Crippen LogP contribution < -0.4 is 0 Å². The summed E-state index contributed by atoms with van der Waals surface area (Å²) in [5.41, 5.74) is 3.18. The molecule has 0 fully saturated rings. The van der Waals surface area contributed by atoms with Crippen LogP contribution in [0.4, 0.5) is 0 Å². The van der Waals surface area contributed by atoms with Gasteiger partial charge in [-0.3, -0.25) is 4.79 Å². The summed E-state index contributed by atoms with van der Waals surface area (Å²) in [5, 5.41) is 0. The molecule has 4 nitrogen and oxygen atoms in total. The summed E-state index contributed by atoms with van der Waals surface area (Å²) in [6.07, 6.45) is 3.29. The van der Waals surface area contributed by atoms with Crippen molar-refractivity contribution in [3.63, 3.8) is 0 Å². The van der Waals surface area contributed by atoms with E-state index in [2.05, 4.69) is 23.8 Å². The van der Waals surface area contributed by atoms with Gasteiger partial charge in [-0.25, -0.2) is 9.97 Å². The van der Waals surface area contributed by atoms with Gasteiger partial charge in [0.1, 0.15) is 0 Å². The van der Waals surface area contributed by atoms with Crippen molar-refractivity contribution in [1.82, 2.24) is 14.9 Å². The van der Waals surface area contributed by atoms with Gasteiger partial charge in [0.05, 0.1) is 5.69 Å². The zero-order chi connectivity index (χ0) is 15.5. The molecule has 0 aliphatic carbocycles. The second-order valence-electron chi connectivity index (χ2n) is 6.19. The van der Waals surface area contributed by atoms with Crippen molar-refractivity contribution in [2.24, 2.45) is 5.92 Å². The van der Waals surface area contributed by atoms with E-state index in [1.807, 2.05) is 41.4 Å². The van der Waals surface area contributed by atoms with E-state index in [4.69, 9.17) is 0 Å². The summed E-state index contributed by atoms with van der Waals surface area (Å²) < 4.78 is 0. The van der Waals surface area contributed by atoms with Gasteiger partial charge in [-0.05, 0) is 5.92 Å². The predicted molar refractivity (Wildman–Crippen MR) is 86.0 cm³/mol. The maximum atomic E-state index is 12.2. The van der Waals surface area contributed by atoms with Crippen molar-refractivity contribution in [2.45, 2.75) is 33.2 Å². The molecule has 0 atom stereocenters. The molecule has 1 aliphatic heterocycles. The largest absolute Gasteiger partial charge is 0.338 e. The van der Waals surface area contributed by atoms with E-state index in [-0.39, 0.29) is 5.91 Å². The van der Waals surface area contributed by atoms with Gasteiger partial charge >= 0.3 is 0 Å². The van der Waals surface area contributed by atoms with E-state index in [0.29, 0.717) is 18.9 Å². The van der Waals surface area contributed by atoms with E-state index < -0.39 is 0 Å². The fourth-order valence-corrected chi connectivity index (χ4v) is 2.73. The van der Waals surface area contributed by atoms with Gasteiger partial charge in [0.2, 0.25) is 5.91 Å². The van der Waals surface area contributed by atoms with E-state index in [0.717, 1.165) is 35.6 Å². The molecule has 0 bridgehead atoms. The van der Waals surface area contributed by atoms with Crippen LogP contribution in [-0.2, 0) is 17.8 Å². The molecule has 4 heteroatoms. The lowest BCUT2D eigenvalue weighted by Crippen LogP contribution is -2.37. The van der Waals surface area contributed by atoms with Gasteiger partial charge in [0, 0.05) is 43.3 Å². The monoisotopic (exact) mass is 295 g/mol. The number of rotatable bonds is 3. The van der Waals surface area contributed by atoms with Crippen LogP contribution in [0.5, 0.6) is 0 Å². The fourth-order valence-electron chi connectivity index (χ4n) is 2.73. The number of aromatic nitrogens is 2. The average Bonchev–Trinajstić information content (AvgIpc) is 2.54. The topological polar surface area (TPSA) is 46.1 Å². The van der Waals surface area contributed by atoms with Crippen LogP contribution in [0.25, 0.3) is 11.4 Å². The van der Waals surface area contributed by atoms with Gasteiger partial charge in [0.15, 0.2) is 5.82 Å². The molecule has 0 radical (unpaired) electrons. The van der Waals surface area contributed by atoms with Crippen molar-refractivity contribution in [2.75, 3.05) is 6.54 Å². The number of amides is 1. The summed E-state index contributed by atoms with van der Waals surface area (Å²) in [7, 11) is 0. The van der Waals surface area contributed by atoms with E-state index in [1.54, 1.807) is 0 Å². The minimum Gasteiger partial charge on any atom is -0.338 e. The highest BCUT2D eigenvalue weighted by atomic mass is 16.2. The molecule has 2 heterocycles. The lowest BCUT2D eigenvalue weighted by Gasteiger charge is -2.28. The van der Waals surface area contributed by atoms with Crippen LogP contribution in [0.15, 0.2) is 36.5 Å². The predicted octanol–water partition coefficient (Wildman–Crippen LogP) is 3.07. The van der Waals surface area contributed by atoms with Crippen molar-refractivity contribution in [3.8, 4) is 11.4 Å². The zero-order valence-electron chi connectivity index (χ0n) is 13.1. The average molecular weight is 295 g/mol. The first-order valence-electron chi connectivity index (χ1n) is 7.81. The molecule has 0 saturated carbocycles. The zero-order valence-corrected chi connectivity index (χ0v) is 13.1. The Kier molecular flexibility index (Phi) is 4.18. The SMILES string of the molecule is CC(C)CC(=O)N1CCc2nc(-c3ccccc3)ncc2C1. The highest BCUT2D eigenvalue weighted by Crippen LogP contribution is 2.21. The lowest BCUT2D eigenvalue weighted by atomic mass is 10.0. The van der Waals surface area contributed by atoms with Gasteiger partial charge < -0.3 is 4.90 Å². The minimum atomic E-state index is 0.229. The van der Waals surface area contributed by atoms with Gasteiger partial charge in [-0.1, -0.05) is 44.2 Å². The maximum absolute atomic E-state index is 12.2. The first-order valence-corrected chi connectivity index (χ1v) is 7.81. The highest BCUT2D eigenvalue weighted by Gasteiger charge is 2.22. The molecule has 1 aliphatic rings. The van der Waals surface area contributed by atoms with E-state index >= 15 is 0 Å². The molecule has 3 rings (SSSR count). The number of hydrogen-bond acceptors (Lipinski definition) is 3. The molecule has 2 aromatic rings. The molecular weight excluding hydrogens is 274 g/mol. The van der Waals surface area contributed by atoms with Crippen LogP contribution in [0.3, 0.4) is 0 Å². The lowest BCUT2D eigenvalue weighted by molar-refractivity contribution is -0.132. The Labute approximate surface area is 131 Å². The number of carbonyl (C=O) groups excluding carboxylic acids is 1. The Hall–Kier alpha value is -2.23. The maximum Gasteiger partial charge on any atom is 0.223 e. The Morgan fingerprint density at radius 2 is 2.05 bits per heavy atom. The summed E-state index contributed by atoms with van der Waals surface area (Å²) in [6, 6.07) is 10.0. The first-order chi connectivity index (χ1) is 10.6. The number of nitrogens with zero attached hydrogens (tertiary/aromatic N) is 3. The Bertz CT molecular complexity index is 667. The summed E-state index contributed by atoms with van der Waals surface area (Å²) in [4.78, 5) is 23.3. The van der Waals surface area contributed by atoms with Crippen molar-refractivity contribution < 1.29 is 4.79 Å². The Morgan fingerprint density at radius 3 is 2.77 bits per heavy atom. The van der Waals surface area contributed by atoms with Gasteiger partial charge in [-0.15, -0.1) is 0 Å². The second-order valence-corrected chi connectivity index (χ2v) is 6.19. The molecule has 0 saturated heterocycles. The summed E-state index contributed by atoms with van der Waals surface area (Å²) >= 11 is 0. The van der Waals surface area contributed by atoms with Crippen LogP contribution in [0.1, 0.15) is 31.5 Å². The second kappa shape index (κ2) is 6.26. The van der Waals surface area contributed by atoms with Gasteiger partial charge in [0.25, 0.3) is 0 Å². The van der Waals surface area contributed by atoms with Gasteiger partial charge in [-0.2, -0.15) is 0 Å². The van der Waals surface area contributed by atoms with Crippen molar-refractivity contribution >= 4 is 5.91 Å². The van der Waals surface area contributed by atoms with Crippen LogP contribution >= 0.6 is 0 Å². The third-order valence-electron chi connectivity index (χ3n) is 3.90. The van der Waals surface area contributed by atoms with E-state index in [1.165, 1.54) is 0 Å². The normalized spacial score (nSPS) is 14.0. The first kappa shape index (κ1) is 14.7. The fraction of sp³-hybridized carbons (Fsp3) is 0.389. The molecule has 0 spiro atoms. The number of fused-ring (bicyclic) bond motifs is 1. The molecule has 1 amide bonds. The molecule has 0 unspecified atom stereocenters. The highest BCUT2D eigenvalue weighted by molar-refractivity contribution is 5.76. The Morgan fingerprint density at radius 1 is 1.27 bits per heavy atom. The standard InChI is InChI=1S/C18H21N3O/c1-13(2)10-17(22)21-9-8-16-15(12-21)11-19-18(20-16)14-6-4-3-5-7-14/h3-7,11,13H,8-10,12H2,1-2H3.